The van der Waals surface area contributed by atoms with Crippen molar-refractivity contribution < 1.29 is 40.6 Å². The largest absolute Gasteiger partial charge is 0.467 e. The van der Waals surface area contributed by atoms with Gasteiger partial charge in [-0.25, -0.2) is 28.1 Å². The van der Waals surface area contributed by atoms with Crippen molar-refractivity contribution in [1.29, 1.82) is 0 Å². The number of hydrogen-bond donors (Lipinski definition) is 1. The number of aliphatic imine (C=N–C) groups is 1. The molecule has 0 radical (unpaired) electrons. The number of ketones is 1. The number of aromatic nitrogens is 2. The van der Waals surface area contributed by atoms with E-state index in [0.717, 1.165) is 18.3 Å². The number of benzene rings is 1. The fraction of sp³-hybridized carbons (Fsp3) is 0.429. The van der Waals surface area contributed by atoms with E-state index in [1.807, 2.05) is 0 Å². The molecule has 0 spiro atoms. The molecule has 0 saturated heterocycles. The second-order valence-electron chi connectivity index (χ2n) is 8.03. The molecule has 7 nitrogen and oxygen atoms in total. The number of carbonyl (C=O) groups excluding carboxylic acids is 1. The average Bonchev–Trinajstić information content (AvgIpc) is 3.52. The fourth-order valence-corrected chi connectivity index (χ4v) is 4.02. The van der Waals surface area contributed by atoms with Crippen LogP contribution in [-0.4, -0.2) is 47.1 Å². The van der Waals surface area contributed by atoms with E-state index < -0.39 is 65.8 Å². The average molecular weight is 488 g/mol. The van der Waals surface area contributed by atoms with Gasteiger partial charge >= 0.3 is 6.18 Å². The van der Waals surface area contributed by atoms with E-state index >= 15 is 0 Å². The van der Waals surface area contributed by atoms with Crippen LogP contribution in [0, 0.1) is 18.7 Å². The minimum atomic E-state index is -4.57. The van der Waals surface area contributed by atoms with Gasteiger partial charge in [0.05, 0.1) is 11.9 Å². The number of Topliss-reactive ketones (excluding diaryl/α,β-unsaturated/α-hetero) is 1. The fourth-order valence-electron chi connectivity index (χ4n) is 4.02. The van der Waals surface area contributed by atoms with Gasteiger partial charge in [0, 0.05) is 17.9 Å². The van der Waals surface area contributed by atoms with Gasteiger partial charge in [-0.3, -0.25) is 4.79 Å². The zero-order valence-electron chi connectivity index (χ0n) is 17.6. The van der Waals surface area contributed by atoms with Gasteiger partial charge < -0.3 is 15.2 Å². The lowest BCUT2D eigenvalue weighted by molar-refractivity contribution is -0.154. The van der Waals surface area contributed by atoms with Crippen molar-refractivity contribution in [3.8, 4) is 5.88 Å². The summed E-state index contributed by atoms with van der Waals surface area (Å²) in [6, 6.07) is 2.91. The molecule has 0 amide bonds. The molecule has 1 aliphatic carbocycles. The zero-order chi connectivity index (χ0) is 24.8. The molecule has 1 aromatic heterocycles. The first kappa shape index (κ1) is 23.8. The number of nitrogens with two attached hydrogens (primary N) is 1. The summed E-state index contributed by atoms with van der Waals surface area (Å²) in [5.74, 6) is -2.71. The normalized spacial score (nSPS) is 23.7. The molecule has 2 N–H and O–H groups in total. The van der Waals surface area contributed by atoms with E-state index in [2.05, 4.69) is 19.7 Å². The van der Waals surface area contributed by atoms with E-state index in [0.29, 0.717) is 0 Å². The summed E-state index contributed by atoms with van der Waals surface area (Å²) in [7, 11) is 0. The van der Waals surface area contributed by atoms with Crippen molar-refractivity contribution in [2.45, 2.75) is 44.0 Å². The van der Waals surface area contributed by atoms with Gasteiger partial charge in [-0.2, -0.15) is 13.2 Å². The summed E-state index contributed by atoms with van der Waals surface area (Å²) in [5.41, 5.74) is 2.99. The topological polar surface area (TPSA) is 99.7 Å². The van der Waals surface area contributed by atoms with Gasteiger partial charge in [0.15, 0.2) is 17.9 Å². The monoisotopic (exact) mass is 488 g/mol. The number of aryl methyl sites for hydroxylation is 1. The van der Waals surface area contributed by atoms with Crippen LogP contribution in [0.4, 0.5) is 26.3 Å². The molecular formula is C21H18F6N4O3. The molecule has 2 aromatic rings. The third-order valence-electron chi connectivity index (χ3n) is 5.60. The van der Waals surface area contributed by atoms with Crippen LogP contribution in [0.5, 0.6) is 5.88 Å². The van der Waals surface area contributed by atoms with Crippen molar-refractivity contribution in [2.75, 3.05) is 6.61 Å². The zero-order valence-corrected chi connectivity index (χ0v) is 17.6. The van der Waals surface area contributed by atoms with Crippen LogP contribution in [0.25, 0.3) is 0 Å². The van der Waals surface area contributed by atoms with Crippen molar-refractivity contribution >= 4 is 11.8 Å². The van der Waals surface area contributed by atoms with E-state index in [1.54, 1.807) is 0 Å². The molecule has 3 atom stereocenters. The maximum absolute atomic E-state index is 14.7. The van der Waals surface area contributed by atoms with Gasteiger partial charge in [0.2, 0.25) is 5.88 Å². The Hall–Kier alpha value is -3.38. The second kappa shape index (κ2) is 8.44. The number of carbonyl (C=O) groups is 1. The standard InChI is InChI=1S/C21H18F6N4O3/c1-9-17(29-7-16(30-9)33-8-20(25,26)27)14(32)5-10-2-3-13(22)11(4-10)21(18(23)24)12-6-15(12)34-19(28)31-21/h2-4,7,12,15,18H,5-6,8H2,1H3,(H2,28,31)/t12-,15+,21+/m0/s1. The lowest BCUT2D eigenvalue weighted by Gasteiger charge is -2.33. The van der Waals surface area contributed by atoms with Crippen molar-refractivity contribution in [2.24, 2.45) is 16.6 Å². The second-order valence-corrected chi connectivity index (χ2v) is 8.03. The minimum absolute atomic E-state index is 0.0127. The quantitative estimate of drug-likeness (QED) is 0.473. The molecule has 1 saturated carbocycles. The summed E-state index contributed by atoms with van der Waals surface area (Å²) < 4.78 is 89.7. The summed E-state index contributed by atoms with van der Waals surface area (Å²) >= 11 is 0. The van der Waals surface area contributed by atoms with Gasteiger partial charge in [0.1, 0.15) is 17.6 Å². The molecule has 1 aliphatic heterocycles. The van der Waals surface area contributed by atoms with Crippen LogP contribution in [0.1, 0.15) is 33.7 Å². The highest BCUT2D eigenvalue weighted by molar-refractivity contribution is 5.96. The van der Waals surface area contributed by atoms with Gasteiger partial charge in [-0.15, -0.1) is 0 Å². The number of fused-ring (bicyclic) bond motifs is 1. The molecule has 0 bridgehead atoms. The number of alkyl halides is 5. The Morgan fingerprint density at radius 2 is 2.09 bits per heavy atom. The predicted molar refractivity (Wildman–Crippen MR) is 105 cm³/mol. The summed E-state index contributed by atoms with van der Waals surface area (Å²) in [4.78, 5) is 24.1. The minimum Gasteiger partial charge on any atom is -0.467 e. The highest BCUT2D eigenvalue weighted by Gasteiger charge is 2.64. The van der Waals surface area contributed by atoms with E-state index in [9.17, 15) is 31.1 Å². The molecule has 1 aromatic carbocycles. The summed E-state index contributed by atoms with van der Waals surface area (Å²) in [6.45, 7) is -0.214. The van der Waals surface area contributed by atoms with Gasteiger partial charge in [0.25, 0.3) is 12.4 Å². The molecule has 34 heavy (non-hydrogen) atoms. The number of nitrogens with zero attached hydrogens (tertiary/aromatic N) is 3. The Bertz CT molecular complexity index is 1160. The van der Waals surface area contributed by atoms with Crippen LogP contribution < -0.4 is 10.5 Å². The Kier molecular flexibility index (Phi) is 5.90. The first-order chi connectivity index (χ1) is 15.9. The molecule has 2 aliphatic rings. The highest BCUT2D eigenvalue weighted by Crippen LogP contribution is 2.56. The van der Waals surface area contributed by atoms with E-state index in [-0.39, 0.29) is 29.8 Å². The molecule has 0 unspecified atom stereocenters. The Labute approximate surface area is 189 Å². The van der Waals surface area contributed by atoms with Crippen LogP contribution in [0.15, 0.2) is 29.4 Å². The third kappa shape index (κ3) is 4.50. The highest BCUT2D eigenvalue weighted by atomic mass is 19.4. The SMILES string of the molecule is Cc1nc(OCC(F)(F)F)cnc1C(=O)Cc1ccc(F)c([C@@]2(C(F)F)N=C(N)O[C@@H]3C[C@@H]32)c1. The maximum Gasteiger partial charge on any atom is 0.422 e. The van der Waals surface area contributed by atoms with Crippen LogP contribution in [0.2, 0.25) is 0 Å². The van der Waals surface area contributed by atoms with Crippen LogP contribution in [-0.2, 0) is 16.7 Å². The maximum atomic E-state index is 14.7. The predicted octanol–water partition coefficient (Wildman–Crippen LogP) is 3.48. The Morgan fingerprint density at radius 1 is 1.35 bits per heavy atom. The smallest absolute Gasteiger partial charge is 0.422 e. The molecular weight excluding hydrogens is 470 g/mol. The first-order valence-corrected chi connectivity index (χ1v) is 10.1. The molecule has 13 heteroatoms. The summed E-state index contributed by atoms with van der Waals surface area (Å²) in [6.07, 6.45) is -7.49. The molecule has 2 heterocycles. The lowest BCUT2D eigenvalue weighted by Crippen LogP contribution is -2.43. The number of amidine groups is 1. The Morgan fingerprint density at radius 3 is 2.74 bits per heavy atom. The van der Waals surface area contributed by atoms with Gasteiger partial charge in [-0.1, -0.05) is 6.07 Å². The van der Waals surface area contributed by atoms with E-state index in [4.69, 9.17) is 10.5 Å². The molecule has 4 rings (SSSR count). The van der Waals surface area contributed by atoms with Crippen LogP contribution >= 0.6 is 0 Å². The lowest BCUT2D eigenvalue weighted by atomic mass is 9.83. The number of rotatable bonds is 7. The third-order valence-corrected chi connectivity index (χ3v) is 5.60. The number of halogens is 6. The number of hydrogen-bond acceptors (Lipinski definition) is 7. The van der Waals surface area contributed by atoms with Crippen molar-refractivity contribution in [3.05, 3.63) is 52.7 Å². The first-order valence-electron chi connectivity index (χ1n) is 10.1. The van der Waals surface area contributed by atoms with Crippen molar-refractivity contribution in [1.82, 2.24) is 9.97 Å². The molecule has 1 fully saturated rings. The number of ether oxygens (including phenoxy) is 2. The van der Waals surface area contributed by atoms with E-state index in [1.165, 1.54) is 13.0 Å². The summed E-state index contributed by atoms with van der Waals surface area (Å²) in [5, 5.41) is 0. The van der Waals surface area contributed by atoms with Crippen molar-refractivity contribution in [3.63, 3.8) is 0 Å². The van der Waals surface area contributed by atoms with Gasteiger partial charge in [-0.05, 0) is 31.0 Å². The molecule has 182 valence electrons. The van der Waals surface area contributed by atoms with Crippen LogP contribution in [0.3, 0.4) is 0 Å². The Balaban J connectivity index is 1.58.